The number of nitrogens with zero attached hydrogens (tertiary/aromatic N) is 2. The van der Waals surface area contributed by atoms with Crippen LogP contribution in [0, 0.1) is 0 Å². The molecule has 5 rings (SSSR count). The number of anilines is 4. The first-order valence-corrected chi connectivity index (χ1v) is 10.1. The third-order valence-electron chi connectivity index (χ3n) is 5.06. The van der Waals surface area contributed by atoms with Gasteiger partial charge in [0.2, 0.25) is 5.95 Å². The summed E-state index contributed by atoms with van der Waals surface area (Å²) in [6.07, 6.45) is 1.73. The lowest BCUT2D eigenvalue weighted by Crippen LogP contribution is -2.13. The molecule has 5 N–H and O–H groups in total. The summed E-state index contributed by atoms with van der Waals surface area (Å²) in [7, 11) is 0. The SMILES string of the molecule is Nc1ccccc1NC(=O)c1cc2cc(Nc3nccc(-c4ccccc4)n3)ccc2[nH]1. The second kappa shape index (κ2) is 8.23. The number of aromatic amines is 1. The van der Waals surface area contributed by atoms with Crippen LogP contribution in [-0.4, -0.2) is 20.9 Å². The summed E-state index contributed by atoms with van der Waals surface area (Å²) in [6.45, 7) is 0. The molecule has 156 valence electrons. The Morgan fingerprint density at radius 3 is 2.56 bits per heavy atom. The van der Waals surface area contributed by atoms with E-state index < -0.39 is 0 Å². The molecule has 0 bridgehead atoms. The number of aromatic nitrogens is 3. The molecule has 5 aromatic rings. The molecule has 0 saturated heterocycles. The van der Waals surface area contributed by atoms with E-state index in [-0.39, 0.29) is 5.91 Å². The van der Waals surface area contributed by atoms with E-state index in [4.69, 9.17) is 5.73 Å². The molecular weight excluding hydrogens is 400 g/mol. The largest absolute Gasteiger partial charge is 0.397 e. The van der Waals surface area contributed by atoms with Gasteiger partial charge in [0, 0.05) is 28.4 Å². The number of carbonyl (C=O) groups excluding carboxylic acids is 1. The number of para-hydroxylation sites is 2. The Hall–Kier alpha value is -4.65. The summed E-state index contributed by atoms with van der Waals surface area (Å²) in [5.41, 5.74) is 11.0. The average molecular weight is 420 g/mol. The highest BCUT2D eigenvalue weighted by molar-refractivity contribution is 6.07. The lowest BCUT2D eigenvalue weighted by Gasteiger charge is -2.07. The van der Waals surface area contributed by atoms with Crippen molar-refractivity contribution < 1.29 is 4.79 Å². The van der Waals surface area contributed by atoms with Crippen LogP contribution in [0.15, 0.2) is 91.1 Å². The molecule has 0 spiro atoms. The zero-order valence-corrected chi connectivity index (χ0v) is 17.0. The van der Waals surface area contributed by atoms with Gasteiger partial charge in [-0.3, -0.25) is 4.79 Å². The summed E-state index contributed by atoms with van der Waals surface area (Å²) in [4.78, 5) is 24.7. The van der Waals surface area contributed by atoms with Crippen molar-refractivity contribution in [2.75, 3.05) is 16.4 Å². The van der Waals surface area contributed by atoms with E-state index in [9.17, 15) is 4.79 Å². The van der Waals surface area contributed by atoms with E-state index in [1.165, 1.54) is 0 Å². The number of nitrogens with one attached hydrogen (secondary N) is 3. The monoisotopic (exact) mass is 420 g/mol. The van der Waals surface area contributed by atoms with Crippen LogP contribution >= 0.6 is 0 Å². The minimum Gasteiger partial charge on any atom is -0.397 e. The van der Waals surface area contributed by atoms with Crippen LogP contribution in [-0.2, 0) is 0 Å². The third kappa shape index (κ3) is 3.99. The van der Waals surface area contributed by atoms with Crippen LogP contribution < -0.4 is 16.4 Å². The number of hydrogen-bond donors (Lipinski definition) is 4. The Kier molecular flexibility index (Phi) is 4.97. The van der Waals surface area contributed by atoms with Crippen molar-refractivity contribution in [1.29, 1.82) is 0 Å². The zero-order valence-electron chi connectivity index (χ0n) is 17.0. The molecule has 0 aliphatic rings. The van der Waals surface area contributed by atoms with E-state index in [0.29, 0.717) is 23.0 Å². The first-order valence-electron chi connectivity index (χ1n) is 10.1. The van der Waals surface area contributed by atoms with Crippen molar-refractivity contribution in [3.05, 3.63) is 96.8 Å². The van der Waals surface area contributed by atoms with Crippen LogP contribution in [0.2, 0.25) is 0 Å². The van der Waals surface area contributed by atoms with Crippen molar-refractivity contribution in [3.63, 3.8) is 0 Å². The van der Waals surface area contributed by atoms with Gasteiger partial charge in [-0.25, -0.2) is 9.97 Å². The van der Waals surface area contributed by atoms with Crippen LogP contribution in [0.4, 0.5) is 23.0 Å². The number of benzene rings is 3. The van der Waals surface area contributed by atoms with Crippen molar-refractivity contribution >= 4 is 39.8 Å². The van der Waals surface area contributed by atoms with E-state index in [1.807, 2.05) is 66.7 Å². The van der Waals surface area contributed by atoms with Gasteiger partial charge in [0.05, 0.1) is 17.1 Å². The van der Waals surface area contributed by atoms with Crippen LogP contribution in [0.1, 0.15) is 10.5 Å². The lowest BCUT2D eigenvalue weighted by atomic mass is 10.1. The fraction of sp³-hybridized carbons (Fsp3) is 0. The number of amides is 1. The highest BCUT2D eigenvalue weighted by Crippen LogP contribution is 2.24. The average Bonchev–Trinajstić information content (AvgIpc) is 3.25. The van der Waals surface area contributed by atoms with E-state index in [2.05, 4.69) is 25.6 Å². The van der Waals surface area contributed by atoms with E-state index in [1.54, 1.807) is 24.4 Å². The Bertz CT molecular complexity index is 1410. The van der Waals surface area contributed by atoms with Gasteiger partial charge < -0.3 is 21.4 Å². The summed E-state index contributed by atoms with van der Waals surface area (Å²) < 4.78 is 0. The van der Waals surface area contributed by atoms with Crippen LogP contribution in [0.5, 0.6) is 0 Å². The van der Waals surface area contributed by atoms with E-state index in [0.717, 1.165) is 27.8 Å². The Balaban J connectivity index is 1.37. The van der Waals surface area contributed by atoms with Gasteiger partial charge in [0.1, 0.15) is 5.69 Å². The maximum Gasteiger partial charge on any atom is 0.272 e. The predicted octanol–water partition coefficient (Wildman–Crippen LogP) is 5.20. The van der Waals surface area contributed by atoms with Crippen molar-refractivity contribution in [3.8, 4) is 11.3 Å². The number of rotatable bonds is 5. The second-order valence-electron chi connectivity index (χ2n) is 7.28. The first-order chi connectivity index (χ1) is 15.7. The van der Waals surface area contributed by atoms with Gasteiger partial charge in [-0.15, -0.1) is 0 Å². The lowest BCUT2D eigenvalue weighted by molar-refractivity contribution is 0.102. The summed E-state index contributed by atoms with van der Waals surface area (Å²) in [6, 6.07) is 26.5. The van der Waals surface area contributed by atoms with Crippen LogP contribution in [0.25, 0.3) is 22.2 Å². The quantitative estimate of drug-likeness (QED) is 0.292. The van der Waals surface area contributed by atoms with Gasteiger partial charge in [-0.05, 0) is 42.5 Å². The number of nitrogens with two attached hydrogens (primary N) is 1. The van der Waals surface area contributed by atoms with Crippen molar-refractivity contribution in [2.45, 2.75) is 0 Å². The van der Waals surface area contributed by atoms with Crippen LogP contribution in [0.3, 0.4) is 0 Å². The molecule has 2 heterocycles. The Labute approximate surface area is 184 Å². The molecule has 7 nitrogen and oxygen atoms in total. The number of hydrogen-bond acceptors (Lipinski definition) is 5. The fourth-order valence-electron chi connectivity index (χ4n) is 3.45. The van der Waals surface area contributed by atoms with E-state index >= 15 is 0 Å². The minimum atomic E-state index is -0.257. The first kappa shape index (κ1) is 19.3. The Morgan fingerprint density at radius 2 is 1.72 bits per heavy atom. The third-order valence-corrected chi connectivity index (χ3v) is 5.06. The topological polar surface area (TPSA) is 109 Å². The summed E-state index contributed by atoms with van der Waals surface area (Å²) in [5.74, 6) is 0.242. The highest BCUT2D eigenvalue weighted by Gasteiger charge is 2.12. The highest BCUT2D eigenvalue weighted by atomic mass is 16.1. The molecule has 2 aromatic heterocycles. The number of fused-ring (bicyclic) bond motifs is 1. The summed E-state index contributed by atoms with van der Waals surface area (Å²) in [5, 5.41) is 6.96. The van der Waals surface area contributed by atoms with Gasteiger partial charge >= 0.3 is 0 Å². The molecule has 0 unspecified atom stereocenters. The second-order valence-corrected chi connectivity index (χ2v) is 7.28. The predicted molar refractivity (Wildman–Crippen MR) is 128 cm³/mol. The number of carbonyl (C=O) groups is 1. The molecule has 1 amide bonds. The van der Waals surface area contributed by atoms with Gasteiger partial charge in [0.25, 0.3) is 5.91 Å². The standard InChI is InChI=1S/C25H20N6O/c26-19-8-4-5-9-22(19)30-24(32)23-15-17-14-18(10-11-20(17)29-23)28-25-27-13-12-21(31-25)16-6-2-1-3-7-16/h1-15,29H,26H2,(H,30,32)(H,27,28,31). The maximum absolute atomic E-state index is 12.7. The minimum absolute atomic E-state index is 0.257. The van der Waals surface area contributed by atoms with Gasteiger partial charge in [-0.1, -0.05) is 42.5 Å². The van der Waals surface area contributed by atoms with Crippen molar-refractivity contribution in [2.24, 2.45) is 0 Å². The van der Waals surface area contributed by atoms with Gasteiger partial charge in [0.15, 0.2) is 0 Å². The molecule has 0 aliphatic heterocycles. The molecule has 0 atom stereocenters. The zero-order chi connectivity index (χ0) is 21.9. The number of H-pyrrole nitrogens is 1. The molecule has 7 heteroatoms. The molecule has 0 saturated carbocycles. The fourth-order valence-corrected chi connectivity index (χ4v) is 3.45. The molecule has 32 heavy (non-hydrogen) atoms. The molecule has 0 radical (unpaired) electrons. The summed E-state index contributed by atoms with van der Waals surface area (Å²) >= 11 is 0. The number of nitrogen functional groups attached to an aromatic ring is 1. The normalized spacial score (nSPS) is 10.8. The molecule has 0 aliphatic carbocycles. The molecule has 3 aromatic carbocycles. The molecule has 0 fully saturated rings. The molecular formula is C25H20N6O. The van der Waals surface area contributed by atoms with Gasteiger partial charge in [-0.2, -0.15) is 0 Å². The Morgan fingerprint density at radius 1 is 0.906 bits per heavy atom. The van der Waals surface area contributed by atoms with Crippen molar-refractivity contribution in [1.82, 2.24) is 15.0 Å². The maximum atomic E-state index is 12.7. The smallest absolute Gasteiger partial charge is 0.272 e.